The highest BCUT2D eigenvalue weighted by Gasteiger charge is 2.32. The van der Waals surface area contributed by atoms with E-state index >= 15 is 0 Å². The standard InChI is InChI=1S/C15H19NO2/c1-4-15(3,9-16)14(17)13-8-11-7-10(2)5-6-12(11)18-13/h5-8H,4,9,16H2,1-3H3. The lowest BCUT2D eigenvalue weighted by atomic mass is 9.82. The van der Waals surface area contributed by atoms with Crippen LogP contribution in [0.5, 0.6) is 0 Å². The lowest BCUT2D eigenvalue weighted by Gasteiger charge is -2.22. The summed E-state index contributed by atoms with van der Waals surface area (Å²) in [5.41, 5.74) is 7.07. The fraction of sp³-hybridized carbons (Fsp3) is 0.400. The topological polar surface area (TPSA) is 56.2 Å². The molecule has 3 nitrogen and oxygen atoms in total. The first kappa shape index (κ1) is 12.8. The molecule has 0 aliphatic heterocycles. The van der Waals surface area contributed by atoms with E-state index < -0.39 is 5.41 Å². The number of aryl methyl sites for hydroxylation is 1. The zero-order valence-electron chi connectivity index (χ0n) is 11.1. The van der Waals surface area contributed by atoms with E-state index in [9.17, 15) is 4.79 Å². The highest BCUT2D eigenvalue weighted by atomic mass is 16.3. The lowest BCUT2D eigenvalue weighted by Crippen LogP contribution is -2.35. The van der Waals surface area contributed by atoms with Gasteiger partial charge < -0.3 is 10.2 Å². The van der Waals surface area contributed by atoms with Crippen LogP contribution in [0.25, 0.3) is 11.0 Å². The van der Waals surface area contributed by atoms with Crippen LogP contribution in [0.15, 0.2) is 28.7 Å². The number of carbonyl (C=O) groups is 1. The summed E-state index contributed by atoms with van der Waals surface area (Å²) in [7, 11) is 0. The number of hydrogen-bond donors (Lipinski definition) is 1. The Kier molecular flexibility index (Phi) is 3.26. The fourth-order valence-corrected chi connectivity index (χ4v) is 1.97. The maximum absolute atomic E-state index is 12.4. The quantitative estimate of drug-likeness (QED) is 0.841. The largest absolute Gasteiger partial charge is 0.453 e. The minimum Gasteiger partial charge on any atom is -0.453 e. The van der Waals surface area contributed by atoms with Gasteiger partial charge in [-0.1, -0.05) is 25.5 Å². The second-order valence-electron chi connectivity index (χ2n) is 5.10. The van der Waals surface area contributed by atoms with Crippen molar-refractivity contribution in [3.05, 3.63) is 35.6 Å². The van der Waals surface area contributed by atoms with Crippen LogP contribution in [0.4, 0.5) is 0 Å². The third-order valence-electron chi connectivity index (χ3n) is 3.67. The third-order valence-corrected chi connectivity index (χ3v) is 3.67. The molecule has 0 aliphatic rings. The Bertz CT molecular complexity index is 579. The average molecular weight is 245 g/mol. The predicted molar refractivity (Wildman–Crippen MR) is 72.7 cm³/mol. The Morgan fingerprint density at radius 2 is 2.11 bits per heavy atom. The van der Waals surface area contributed by atoms with Crippen molar-refractivity contribution in [2.45, 2.75) is 27.2 Å². The van der Waals surface area contributed by atoms with E-state index in [0.29, 0.717) is 18.7 Å². The maximum atomic E-state index is 12.4. The molecule has 0 saturated carbocycles. The average Bonchev–Trinajstić information content (AvgIpc) is 2.79. The smallest absolute Gasteiger partial charge is 0.205 e. The Morgan fingerprint density at radius 1 is 1.39 bits per heavy atom. The summed E-state index contributed by atoms with van der Waals surface area (Å²) in [6.45, 7) is 6.20. The highest BCUT2D eigenvalue weighted by Crippen LogP contribution is 2.29. The number of ketones is 1. The van der Waals surface area contributed by atoms with E-state index in [0.717, 1.165) is 16.5 Å². The minimum absolute atomic E-state index is 0.0126. The number of rotatable bonds is 4. The first-order chi connectivity index (χ1) is 8.50. The Hall–Kier alpha value is -1.61. The van der Waals surface area contributed by atoms with Crippen LogP contribution in [0, 0.1) is 12.3 Å². The SMILES string of the molecule is CCC(C)(CN)C(=O)c1cc2cc(C)ccc2o1. The summed E-state index contributed by atoms with van der Waals surface area (Å²) < 4.78 is 5.63. The Morgan fingerprint density at radius 3 is 2.72 bits per heavy atom. The van der Waals surface area contributed by atoms with Gasteiger partial charge in [-0.15, -0.1) is 0 Å². The van der Waals surface area contributed by atoms with E-state index in [1.807, 2.05) is 45.0 Å². The van der Waals surface area contributed by atoms with Gasteiger partial charge in [0, 0.05) is 17.3 Å². The number of benzene rings is 1. The summed E-state index contributed by atoms with van der Waals surface area (Å²) in [4.78, 5) is 12.4. The molecule has 0 amide bonds. The molecular weight excluding hydrogens is 226 g/mol. The van der Waals surface area contributed by atoms with E-state index in [4.69, 9.17) is 10.2 Å². The van der Waals surface area contributed by atoms with Crippen molar-refractivity contribution < 1.29 is 9.21 Å². The van der Waals surface area contributed by atoms with Crippen LogP contribution in [0.3, 0.4) is 0 Å². The van der Waals surface area contributed by atoms with Gasteiger partial charge in [0.25, 0.3) is 0 Å². The van der Waals surface area contributed by atoms with Crippen LogP contribution < -0.4 is 5.73 Å². The van der Waals surface area contributed by atoms with Gasteiger partial charge in [0.1, 0.15) is 5.58 Å². The van der Waals surface area contributed by atoms with E-state index in [1.54, 1.807) is 0 Å². The maximum Gasteiger partial charge on any atom is 0.205 e. The number of carbonyl (C=O) groups excluding carboxylic acids is 1. The summed E-state index contributed by atoms with van der Waals surface area (Å²) >= 11 is 0. The second kappa shape index (κ2) is 4.58. The van der Waals surface area contributed by atoms with Gasteiger partial charge in [0.2, 0.25) is 5.78 Å². The first-order valence-corrected chi connectivity index (χ1v) is 6.25. The number of nitrogens with two attached hydrogens (primary N) is 1. The summed E-state index contributed by atoms with van der Waals surface area (Å²) in [6.07, 6.45) is 0.707. The molecule has 1 aromatic carbocycles. The fourth-order valence-electron chi connectivity index (χ4n) is 1.97. The van der Waals surface area contributed by atoms with Crippen LogP contribution in [-0.2, 0) is 0 Å². The third kappa shape index (κ3) is 2.06. The minimum atomic E-state index is -0.539. The molecule has 1 heterocycles. The molecule has 0 fully saturated rings. The van der Waals surface area contributed by atoms with Crippen LogP contribution >= 0.6 is 0 Å². The molecule has 2 N–H and O–H groups in total. The van der Waals surface area contributed by atoms with Crippen molar-refractivity contribution in [3.63, 3.8) is 0 Å². The molecule has 3 heteroatoms. The van der Waals surface area contributed by atoms with E-state index in [1.165, 1.54) is 0 Å². The molecule has 96 valence electrons. The van der Waals surface area contributed by atoms with Crippen molar-refractivity contribution in [3.8, 4) is 0 Å². The number of furan rings is 1. The highest BCUT2D eigenvalue weighted by molar-refractivity contribution is 6.01. The van der Waals surface area contributed by atoms with Crippen molar-refractivity contribution in [1.29, 1.82) is 0 Å². The Balaban J connectivity index is 2.45. The van der Waals surface area contributed by atoms with Gasteiger partial charge in [-0.2, -0.15) is 0 Å². The molecule has 0 aliphatic carbocycles. The molecule has 0 radical (unpaired) electrons. The molecule has 0 bridgehead atoms. The van der Waals surface area contributed by atoms with Crippen molar-refractivity contribution in [2.24, 2.45) is 11.1 Å². The molecular formula is C15H19NO2. The summed E-state index contributed by atoms with van der Waals surface area (Å²) in [5.74, 6) is 0.395. The number of fused-ring (bicyclic) bond motifs is 1. The Labute approximate surface area is 107 Å². The van der Waals surface area contributed by atoms with E-state index in [2.05, 4.69) is 0 Å². The molecule has 1 unspecified atom stereocenters. The zero-order chi connectivity index (χ0) is 13.3. The molecule has 2 rings (SSSR count). The molecule has 1 atom stereocenters. The van der Waals surface area contributed by atoms with Crippen molar-refractivity contribution >= 4 is 16.8 Å². The molecule has 0 spiro atoms. The van der Waals surface area contributed by atoms with Gasteiger partial charge in [0.05, 0.1) is 0 Å². The lowest BCUT2D eigenvalue weighted by molar-refractivity contribution is 0.0792. The molecule has 0 saturated heterocycles. The van der Waals surface area contributed by atoms with Gasteiger partial charge in [0.15, 0.2) is 5.76 Å². The normalized spacial score (nSPS) is 14.7. The number of hydrogen-bond acceptors (Lipinski definition) is 3. The van der Waals surface area contributed by atoms with Crippen LogP contribution in [0.2, 0.25) is 0 Å². The van der Waals surface area contributed by atoms with Gasteiger partial charge in [-0.3, -0.25) is 4.79 Å². The van der Waals surface area contributed by atoms with Gasteiger partial charge in [-0.25, -0.2) is 0 Å². The van der Waals surface area contributed by atoms with Crippen LogP contribution in [0.1, 0.15) is 36.4 Å². The molecule has 2 aromatic rings. The van der Waals surface area contributed by atoms with Crippen molar-refractivity contribution in [2.75, 3.05) is 6.54 Å². The van der Waals surface area contributed by atoms with E-state index in [-0.39, 0.29) is 5.78 Å². The van der Waals surface area contributed by atoms with Gasteiger partial charge in [-0.05, 0) is 31.5 Å². The number of Topliss-reactive ketones (excluding diaryl/α,β-unsaturated/α-hetero) is 1. The summed E-state index contributed by atoms with van der Waals surface area (Å²) in [6, 6.07) is 7.70. The first-order valence-electron chi connectivity index (χ1n) is 6.25. The molecule has 18 heavy (non-hydrogen) atoms. The van der Waals surface area contributed by atoms with Crippen molar-refractivity contribution in [1.82, 2.24) is 0 Å². The summed E-state index contributed by atoms with van der Waals surface area (Å²) in [5, 5.41) is 0.967. The second-order valence-corrected chi connectivity index (χ2v) is 5.10. The predicted octanol–water partition coefficient (Wildman–Crippen LogP) is 3.30. The monoisotopic (exact) mass is 245 g/mol. The zero-order valence-corrected chi connectivity index (χ0v) is 11.1. The molecule has 1 aromatic heterocycles. The van der Waals surface area contributed by atoms with Crippen LogP contribution in [-0.4, -0.2) is 12.3 Å². The van der Waals surface area contributed by atoms with Gasteiger partial charge >= 0.3 is 0 Å².